The van der Waals surface area contributed by atoms with Crippen LogP contribution in [0.1, 0.15) is 20.8 Å². The van der Waals surface area contributed by atoms with E-state index < -0.39 is 0 Å². The summed E-state index contributed by atoms with van der Waals surface area (Å²) in [5.41, 5.74) is 2.58. The van der Waals surface area contributed by atoms with Gasteiger partial charge in [0.1, 0.15) is 5.82 Å². The summed E-state index contributed by atoms with van der Waals surface area (Å²) < 4.78 is 0. The largest absolute Gasteiger partial charge is 0.347 e. The monoisotopic (exact) mass is 323 g/mol. The van der Waals surface area contributed by atoms with Gasteiger partial charge in [-0.05, 0) is 42.1 Å². The molecule has 23 heavy (non-hydrogen) atoms. The van der Waals surface area contributed by atoms with E-state index >= 15 is 0 Å². The van der Waals surface area contributed by atoms with Gasteiger partial charge in [0, 0.05) is 16.8 Å². The molecule has 2 heterocycles. The van der Waals surface area contributed by atoms with Crippen LogP contribution in [0.5, 0.6) is 0 Å². The van der Waals surface area contributed by atoms with Gasteiger partial charge in [0.05, 0.1) is 12.1 Å². The predicted octanol–water partition coefficient (Wildman–Crippen LogP) is 4.13. The van der Waals surface area contributed by atoms with Gasteiger partial charge >= 0.3 is 0 Å². The molecule has 0 bridgehead atoms. The Bertz CT molecular complexity index is 800. The van der Waals surface area contributed by atoms with Gasteiger partial charge < -0.3 is 10.6 Å². The highest BCUT2D eigenvalue weighted by Crippen LogP contribution is 2.21. The van der Waals surface area contributed by atoms with Crippen LogP contribution in [0.3, 0.4) is 0 Å². The summed E-state index contributed by atoms with van der Waals surface area (Å²) in [6.07, 6.45) is 1.68. The molecule has 0 aliphatic rings. The van der Waals surface area contributed by atoms with Crippen molar-refractivity contribution in [1.29, 1.82) is 0 Å². The van der Waals surface area contributed by atoms with Crippen molar-refractivity contribution >= 4 is 28.7 Å². The summed E-state index contributed by atoms with van der Waals surface area (Å²) in [5.74, 6) is 0.424. The number of carbonyl (C=O) groups is 1. The molecule has 1 aromatic carbocycles. The number of hydrogen-bond acceptors (Lipinski definition) is 4. The zero-order chi connectivity index (χ0) is 16.1. The van der Waals surface area contributed by atoms with Crippen LogP contribution in [-0.4, -0.2) is 10.9 Å². The van der Waals surface area contributed by atoms with Crippen molar-refractivity contribution in [2.24, 2.45) is 0 Å². The lowest BCUT2D eigenvalue weighted by molar-refractivity contribution is 0.0952. The minimum Gasteiger partial charge on any atom is -0.347 e. The van der Waals surface area contributed by atoms with Crippen LogP contribution in [0.15, 0.2) is 60.1 Å². The number of thiophene rings is 1. The van der Waals surface area contributed by atoms with Crippen molar-refractivity contribution in [3.63, 3.8) is 0 Å². The number of anilines is 2. The standard InChI is InChI=1S/C18H17N3OS/c1-13-6-2-3-9-16(13)21-17-15(8-4-10-19-17)18(22)20-12-14-7-5-11-23-14/h2-11H,12H2,1H3,(H,19,21)(H,20,22). The molecule has 0 saturated carbocycles. The number of pyridine rings is 1. The number of hydrogen-bond donors (Lipinski definition) is 2. The molecule has 2 aromatic heterocycles. The predicted molar refractivity (Wildman–Crippen MR) is 94.2 cm³/mol. The molecule has 0 spiro atoms. The lowest BCUT2D eigenvalue weighted by atomic mass is 10.2. The molecular formula is C18H17N3OS. The summed E-state index contributed by atoms with van der Waals surface area (Å²) in [4.78, 5) is 17.9. The van der Waals surface area contributed by atoms with Crippen molar-refractivity contribution in [3.8, 4) is 0 Å². The van der Waals surface area contributed by atoms with Gasteiger partial charge in [-0.15, -0.1) is 11.3 Å². The van der Waals surface area contributed by atoms with E-state index in [0.29, 0.717) is 17.9 Å². The fourth-order valence-corrected chi connectivity index (χ4v) is 2.85. The van der Waals surface area contributed by atoms with Crippen LogP contribution in [0.4, 0.5) is 11.5 Å². The highest BCUT2D eigenvalue weighted by molar-refractivity contribution is 7.09. The van der Waals surface area contributed by atoms with E-state index in [-0.39, 0.29) is 5.91 Å². The number of nitrogens with zero attached hydrogens (tertiary/aromatic N) is 1. The van der Waals surface area contributed by atoms with Crippen molar-refractivity contribution in [2.45, 2.75) is 13.5 Å². The zero-order valence-electron chi connectivity index (χ0n) is 12.7. The molecule has 3 aromatic rings. The van der Waals surface area contributed by atoms with E-state index in [9.17, 15) is 4.79 Å². The first-order valence-corrected chi connectivity index (χ1v) is 8.20. The minimum atomic E-state index is -0.136. The molecule has 0 saturated heterocycles. The quantitative estimate of drug-likeness (QED) is 0.742. The highest BCUT2D eigenvalue weighted by atomic mass is 32.1. The summed E-state index contributed by atoms with van der Waals surface area (Å²) in [6, 6.07) is 15.4. The number of aromatic nitrogens is 1. The molecule has 1 amide bonds. The van der Waals surface area contributed by atoms with Crippen LogP contribution < -0.4 is 10.6 Å². The second-order valence-corrected chi connectivity index (χ2v) is 6.13. The number of aryl methyl sites for hydroxylation is 1. The van der Waals surface area contributed by atoms with Gasteiger partial charge in [-0.25, -0.2) is 4.98 Å². The molecule has 0 atom stereocenters. The van der Waals surface area contributed by atoms with Crippen LogP contribution in [0, 0.1) is 6.92 Å². The van der Waals surface area contributed by atoms with Crippen molar-refractivity contribution < 1.29 is 4.79 Å². The Labute approximate surface area is 139 Å². The SMILES string of the molecule is Cc1ccccc1Nc1ncccc1C(=O)NCc1cccs1. The van der Waals surface area contributed by atoms with E-state index in [4.69, 9.17) is 0 Å². The summed E-state index contributed by atoms with van der Waals surface area (Å²) in [7, 11) is 0. The average molecular weight is 323 g/mol. The van der Waals surface area contributed by atoms with E-state index in [1.165, 1.54) is 0 Å². The first-order valence-electron chi connectivity index (χ1n) is 7.32. The molecule has 0 fully saturated rings. The molecule has 0 radical (unpaired) electrons. The van der Waals surface area contributed by atoms with Crippen molar-refractivity contribution in [1.82, 2.24) is 10.3 Å². The second kappa shape index (κ2) is 7.07. The second-order valence-electron chi connectivity index (χ2n) is 5.10. The summed E-state index contributed by atoms with van der Waals surface area (Å²) >= 11 is 1.62. The van der Waals surface area contributed by atoms with Gasteiger partial charge in [-0.3, -0.25) is 4.79 Å². The minimum absolute atomic E-state index is 0.136. The average Bonchev–Trinajstić information content (AvgIpc) is 3.09. The number of rotatable bonds is 5. The van der Waals surface area contributed by atoms with Gasteiger partial charge in [0.2, 0.25) is 0 Å². The number of amides is 1. The summed E-state index contributed by atoms with van der Waals surface area (Å²) in [6.45, 7) is 2.54. The molecule has 0 aliphatic carbocycles. The number of carbonyl (C=O) groups excluding carboxylic acids is 1. The first-order chi connectivity index (χ1) is 11.2. The maximum atomic E-state index is 12.4. The van der Waals surface area contributed by atoms with Gasteiger partial charge in [0.15, 0.2) is 0 Å². The topological polar surface area (TPSA) is 54.0 Å². The van der Waals surface area contributed by atoms with E-state index in [0.717, 1.165) is 16.1 Å². The highest BCUT2D eigenvalue weighted by Gasteiger charge is 2.13. The molecule has 4 nitrogen and oxygen atoms in total. The van der Waals surface area contributed by atoms with Gasteiger partial charge in [-0.2, -0.15) is 0 Å². The maximum absolute atomic E-state index is 12.4. The van der Waals surface area contributed by atoms with Crippen LogP contribution in [0.2, 0.25) is 0 Å². The van der Waals surface area contributed by atoms with Crippen LogP contribution in [0.25, 0.3) is 0 Å². The van der Waals surface area contributed by atoms with Gasteiger partial charge in [0.25, 0.3) is 5.91 Å². The zero-order valence-corrected chi connectivity index (χ0v) is 13.6. The molecule has 0 aliphatic heterocycles. The third-order valence-electron chi connectivity index (χ3n) is 3.45. The molecule has 2 N–H and O–H groups in total. The fourth-order valence-electron chi connectivity index (χ4n) is 2.20. The summed E-state index contributed by atoms with van der Waals surface area (Å²) in [5, 5.41) is 8.18. The van der Waals surface area contributed by atoms with Gasteiger partial charge in [-0.1, -0.05) is 24.3 Å². The number of benzene rings is 1. The Kier molecular flexibility index (Phi) is 4.68. The maximum Gasteiger partial charge on any atom is 0.255 e. The van der Waals surface area contributed by atoms with E-state index in [2.05, 4.69) is 15.6 Å². The Morgan fingerprint density at radius 2 is 2.00 bits per heavy atom. The van der Waals surface area contributed by atoms with Crippen LogP contribution in [-0.2, 0) is 6.54 Å². The van der Waals surface area contributed by atoms with Crippen molar-refractivity contribution in [3.05, 3.63) is 76.1 Å². The lowest BCUT2D eigenvalue weighted by Crippen LogP contribution is -2.23. The number of nitrogens with one attached hydrogen (secondary N) is 2. The molecule has 3 rings (SSSR count). The Hall–Kier alpha value is -2.66. The van der Waals surface area contributed by atoms with Crippen molar-refractivity contribution in [2.75, 3.05) is 5.32 Å². The van der Waals surface area contributed by atoms with Crippen LogP contribution >= 0.6 is 11.3 Å². The van der Waals surface area contributed by atoms with E-state index in [1.54, 1.807) is 29.7 Å². The smallest absolute Gasteiger partial charge is 0.255 e. The molecular weight excluding hydrogens is 306 g/mol. The lowest BCUT2D eigenvalue weighted by Gasteiger charge is -2.12. The third kappa shape index (κ3) is 3.76. The Morgan fingerprint density at radius 3 is 2.78 bits per heavy atom. The molecule has 116 valence electrons. The Morgan fingerprint density at radius 1 is 1.13 bits per heavy atom. The van der Waals surface area contributed by atoms with E-state index in [1.807, 2.05) is 48.7 Å². The first kappa shape index (κ1) is 15.2. The Balaban J connectivity index is 1.77. The third-order valence-corrected chi connectivity index (χ3v) is 4.33. The normalized spacial score (nSPS) is 10.3. The number of para-hydroxylation sites is 1. The molecule has 5 heteroatoms. The molecule has 0 unspecified atom stereocenters. The fraction of sp³-hybridized carbons (Fsp3) is 0.111.